The summed E-state index contributed by atoms with van der Waals surface area (Å²) < 4.78 is 2.14. The molecule has 0 radical (unpaired) electrons. The third kappa shape index (κ3) is 3.44. The number of anilines is 1. The van der Waals surface area contributed by atoms with Gasteiger partial charge >= 0.3 is 0 Å². The van der Waals surface area contributed by atoms with E-state index in [0.29, 0.717) is 12.5 Å². The van der Waals surface area contributed by atoms with Crippen LogP contribution in [0.4, 0.5) is 5.69 Å². The monoisotopic (exact) mass is 293 g/mol. The molecule has 0 amide bonds. The summed E-state index contributed by atoms with van der Waals surface area (Å²) in [6, 6.07) is 17.9. The van der Waals surface area contributed by atoms with Crippen molar-refractivity contribution in [3.63, 3.8) is 0 Å². The largest absolute Gasteiger partial charge is 0.370 e. The number of aliphatic imine (C=N–C) groups is 1. The van der Waals surface area contributed by atoms with E-state index in [1.165, 1.54) is 0 Å². The van der Waals surface area contributed by atoms with E-state index in [-0.39, 0.29) is 0 Å². The van der Waals surface area contributed by atoms with Gasteiger partial charge in [0.25, 0.3) is 0 Å². The molecule has 0 aliphatic rings. The molecule has 3 rings (SSSR count). The fourth-order valence-corrected chi connectivity index (χ4v) is 2.34. The maximum atomic E-state index is 5.88. The first-order valence-electron chi connectivity index (χ1n) is 7.35. The molecule has 0 fully saturated rings. The van der Waals surface area contributed by atoms with Gasteiger partial charge in [-0.1, -0.05) is 30.3 Å². The molecule has 0 bridgehead atoms. The molecule has 0 spiro atoms. The van der Waals surface area contributed by atoms with Gasteiger partial charge in [-0.25, -0.2) is 4.98 Å². The quantitative estimate of drug-likeness (QED) is 0.432. The zero-order valence-corrected chi connectivity index (χ0v) is 12.3. The van der Waals surface area contributed by atoms with E-state index in [4.69, 9.17) is 5.73 Å². The lowest BCUT2D eigenvalue weighted by molar-refractivity contribution is 0.666. The fourth-order valence-electron chi connectivity index (χ4n) is 2.34. The van der Waals surface area contributed by atoms with E-state index in [1.54, 1.807) is 0 Å². The van der Waals surface area contributed by atoms with Crippen LogP contribution in [-0.4, -0.2) is 22.1 Å². The van der Waals surface area contributed by atoms with Crippen LogP contribution in [0.5, 0.6) is 0 Å². The Hall–Kier alpha value is -2.82. The first-order chi connectivity index (χ1) is 10.8. The van der Waals surface area contributed by atoms with Crippen LogP contribution in [0, 0.1) is 0 Å². The standard InChI is InChI=1S/C17H19N5/c18-17(21-14-7-2-1-3-8-14)19-11-6-12-22-13-20-15-9-4-5-10-16(15)22/h1-5,7-10,13H,6,11-12H2,(H3,18,19,21). The summed E-state index contributed by atoms with van der Waals surface area (Å²) >= 11 is 0. The van der Waals surface area contributed by atoms with Crippen molar-refractivity contribution in [2.24, 2.45) is 10.7 Å². The van der Waals surface area contributed by atoms with Gasteiger partial charge in [0.05, 0.1) is 17.4 Å². The van der Waals surface area contributed by atoms with Gasteiger partial charge in [-0.05, 0) is 30.7 Å². The average molecular weight is 293 g/mol. The molecule has 22 heavy (non-hydrogen) atoms. The molecule has 1 heterocycles. The summed E-state index contributed by atoms with van der Waals surface area (Å²) in [5.41, 5.74) is 9.00. The fraction of sp³-hybridized carbons (Fsp3) is 0.176. The Morgan fingerprint density at radius 2 is 1.86 bits per heavy atom. The molecule has 5 heteroatoms. The van der Waals surface area contributed by atoms with Crippen molar-refractivity contribution in [3.8, 4) is 0 Å². The minimum absolute atomic E-state index is 0.446. The zero-order chi connectivity index (χ0) is 15.2. The van der Waals surface area contributed by atoms with Crippen LogP contribution < -0.4 is 11.1 Å². The van der Waals surface area contributed by atoms with Crippen LogP contribution in [-0.2, 0) is 6.54 Å². The number of nitrogens with one attached hydrogen (secondary N) is 1. The highest BCUT2D eigenvalue weighted by molar-refractivity contribution is 5.92. The molecule has 112 valence electrons. The van der Waals surface area contributed by atoms with E-state index in [1.807, 2.05) is 54.9 Å². The Balaban J connectivity index is 1.51. The van der Waals surface area contributed by atoms with Crippen molar-refractivity contribution in [2.75, 3.05) is 11.9 Å². The number of nitrogens with zero attached hydrogens (tertiary/aromatic N) is 3. The Morgan fingerprint density at radius 3 is 2.73 bits per heavy atom. The average Bonchev–Trinajstić information content (AvgIpc) is 2.96. The second kappa shape index (κ2) is 6.76. The van der Waals surface area contributed by atoms with Gasteiger partial charge in [-0.3, -0.25) is 4.99 Å². The molecule has 3 N–H and O–H groups in total. The maximum Gasteiger partial charge on any atom is 0.193 e. The number of hydrogen-bond donors (Lipinski definition) is 2. The molecule has 0 saturated heterocycles. The molecular weight excluding hydrogens is 274 g/mol. The number of rotatable bonds is 5. The lowest BCUT2D eigenvalue weighted by Crippen LogP contribution is -2.22. The van der Waals surface area contributed by atoms with Crippen molar-refractivity contribution >= 4 is 22.7 Å². The molecule has 3 aromatic rings. The molecule has 0 atom stereocenters. The summed E-state index contributed by atoms with van der Waals surface area (Å²) in [4.78, 5) is 8.73. The minimum atomic E-state index is 0.446. The van der Waals surface area contributed by atoms with Crippen LogP contribution in [0.3, 0.4) is 0 Å². The topological polar surface area (TPSA) is 68.2 Å². The smallest absolute Gasteiger partial charge is 0.193 e. The van der Waals surface area contributed by atoms with E-state index in [9.17, 15) is 0 Å². The van der Waals surface area contributed by atoms with E-state index in [0.717, 1.165) is 29.7 Å². The van der Waals surface area contributed by atoms with Crippen molar-refractivity contribution in [1.29, 1.82) is 0 Å². The van der Waals surface area contributed by atoms with Crippen molar-refractivity contribution < 1.29 is 0 Å². The Kier molecular flexibility index (Phi) is 4.34. The Bertz CT molecular complexity index is 761. The Labute approximate surface area is 129 Å². The summed E-state index contributed by atoms with van der Waals surface area (Å²) in [5.74, 6) is 0.446. The number of hydrogen-bond acceptors (Lipinski definition) is 2. The first kappa shape index (κ1) is 14.1. The molecule has 1 aromatic heterocycles. The summed E-state index contributed by atoms with van der Waals surface area (Å²) in [7, 11) is 0. The third-order valence-electron chi connectivity index (χ3n) is 3.41. The number of para-hydroxylation sites is 3. The molecule has 2 aromatic carbocycles. The highest BCUT2D eigenvalue weighted by atomic mass is 15.1. The lowest BCUT2D eigenvalue weighted by atomic mass is 10.3. The summed E-state index contributed by atoms with van der Waals surface area (Å²) in [6.07, 6.45) is 2.79. The van der Waals surface area contributed by atoms with Gasteiger partial charge in [-0.2, -0.15) is 0 Å². The number of aromatic nitrogens is 2. The van der Waals surface area contributed by atoms with Gasteiger partial charge in [0.15, 0.2) is 5.96 Å². The molecule has 0 aliphatic carbocycles. The van der Waals surface area contributed by atoms with E-state index in [2.05, 4.69) is 25.9 Å². The molecule has 0 aliphatic heterocycles. The predicted octanol–water partition coefficient (Wildman–Crippen LogP) is 2.85. The van der Waals surface area contributed by atoms with E-state index < -0.39 is 0 Å². The number of aryl methyl sites for hydroxylation is 1. The SMILES string of the molecule is NC(=NCCCn1cnc2ccccc21)Nc1ccccc1. The molecule has 0 saturated carbocycles. The van der Waals surface area contributed by atoms with Crippen LogP contribution in [0.2, 0.25) is 0 Å². The summed E-state index contributed by atoms with van der Waals surface area (Å²) in [6.45, 7) is 1.56. The maximum absolute atomic E-state index is 5.88. The second-order valence-electron chi connectivity index (χ2n) is 5.04. The van der Waals surface area contributed by atoms with Gasteiger partial charge < -0.3 is 15.6 Å². The zero-order valence-electron chi connectivity index (χ0n) is 12.3. The van der Waals surface area contributed by atoms with Crippen LogP contribution in [0.25, 0.3) is 11.0 Å². The number of benzene rings is 2. The number of nitrogens with two attached hydrogens (primary N) is 1. The van der Waals surface area contributed by atoms with Crippen LogP contribution in [0.1, 0.15) is 6.42 Å². The molecule has 0 unspecified atom stereocenters. The van der Waals surface area contributed by atoms with E-state index >= 15 is 0 Å². The normalized spacial score (nSPS) is 11.7. The van der Waals surface area contributed by atoms with Gasteiger partial charge in [0, 0.05) is 18.8 Å². The van der Waals surface area contributed by atoms with Crippen molar-refractivity contribution in [1.82, 2.24) is 9.55 Å². The highest BCUT2D eigenvalue weighted by Crippen LogP contribution is 2.12. The van der Waals surface area contributed by atoms with Gasteiger partial charge in [0.1, 0.15) is 0 Å². The van der Waals surface area contributed by atoms with Crippen molar-refractivity contribution in [3.05, 3.63) is 60.9 Å². The minimum Gasteiger partial charge on any atom is -0.370 e. The second-order valence-corrected chi connectivity index (χ2v) is 5.04. The Morgan fingerprint density at radius 1 is 1.09 bits per heavy atom. The van der Waals surface area contributed by atoms with Gasteiger partial charge in [0.2, 0.25) is 0 Å². The summed E-state index contributed by atoms with van der Waals surface area (Å²) in [5, 5.41) is 3.07. The number of imidazole rings is 1. The highest BCUT2D eigenvalue weighted by Gasteiger charge is 2.00. The predicted molar refractivity (Wildman–Crippen MR) is 90.9 cm³/mol. The molecule has 5 nitrogen and oxygen atoms in total. The number of fused-ring (bicyclic) bond motifs is 1. The first-order valence-corrected chi connectivity index (χ1v) is 7.35. The van der Waals surface area contributed by atoms with Crippen molar-refractivity contribution in [2.45, 2.75) is 13.0 Å². The van der Waals surface area contributed by atoms with Crippen LogP contribution >= 0.6 is 0 Å². The third-order valence-corrected chi connectivity index (χ3v) is 3.41. The number of guanidine groups is 1. The molecular formula is C17H19N5. The van der Waals surface area contributed by atoms with Crippen LogP contribution in [0.15, 0.2) is 65.9 Å². The van der Waals surface area contributed by atoms with Gasteiger partial charge in [-0.15, -0.1) is 0 Å². The lowest BCUT2D eigenvalue weighted by Gasteiger charge is -2.06.